The van der Waals surface area contributed by atoms with Gasteiger partial charge < -0.3 is 14.7 Å². The number of H-pyrrole nitrogens is 1. The maximum absolute atomic E-state index is 15.5. The number of aromatic amines is 1. The minimum atomic E-state index is -4.07. The topological polar surface area (TPSA) is 141 Å². The molecule has 218 valence electrons. The summed E-state index contributed by atoms with van der Waals surface area (Å²) in [5, 5.41) is 0.319. The van der Waals surface area contributed by atoms with Gasteiger partial charge in [0.05, 0.1) is 11.3 Å². The number of anilines is 2. The lowest BCUT2D eigenvalue weighted by molar-refractivity contribution is -0.111. The summed E-state index contributed by atoms with van der Waals surface area (Å²) in [5.74, 6) is -2.80. The molecule has 2 fully saturated rings. The molecule has 2 saturated heterocycles. The van der Waals surface area contributed by atoms with Gasteiger partial charge in [-0.05, 0) is 43.9 Å². The van der Waals surface area contributed by atoms with Crippen LogP contribution in [-0.2, 0) is 15.0 Å². The van der Waals surface area contributed by atoms with Crippen molar-refractivity contribution < 1.29 is 26.8 Å². The van der Waals surface area contributed by atoms with E-state index in [9.17, 15) is 22.4 Å². The highest BCUT2D eigenvalue weighted by Gasteiger charge is 2.29. The van der Waals surface area contributed by atoms with E-state index in [0.717, 1.165) is 31.3 Å². The maximum Gasteiger partial charge on any atom is 0.301 e. The third-order valence-corrected chi connectivity index (χ3v) is 9.25. The number of carbonyl (C=O) groups excluding carboxylic acids is 2. The molecule has 1 aromatic carbocycles. The second kappa shape index (κ2) is 11.2. The number of hydrogen-bond acceptors (Lipinski definition) is 8. The Kier molecular flexibility index (Phi) is 7.41. The number of nitrogens with zero attached hydrogens (tertiary/aromatic N) is 5. The van der Waals surface area contributed by atoms with Crippen molar-refractivity contribution in [1.29, 1.82) is 0 Å². The van der Waals surface area contributed by atoms with Gasteiger partial charge in [0, 0.05) is 79.0 Å². The molecule has 2 N–H and O–H groups in total. The molecule has 2 aliphatic rings. The first-order valence-corrected chi connectivity index (χ1v) is 15.0. The minimum Gasteiger partial charge on any atom is -0.345 e. The van der Waals surface area contributed by atoms with Gasteiger partial charge in [-0.15, -0.1) is 0 Å². The van der Waals surface area contributed by atoms with Crippen LogP contribution >= 0.6 is 0 Å². The Hall–Kier alpha value is -4.30. The third-order valence-electron chi connectivity index (χ3n) is 7.72. The summed E-state index contributed by atoms with van der Waals surface area (Å²) in [7, 11) is -4.07. The fourth-order valence-electron chi connectivity index (χ4n) is 5.32. The number of aromatic nitrogens is 4. The molecule has 42 heavy (non-hydrogen) atoms. The highest BCUT2D eigenvalue weighted by molar-refractivity contribution is 7.90. The SMILES string of the molecule is O=CC1CCN(c2ncc(-c3cnc4[nH]cc(C(=O)c5c(F)ccc(NS(=O)(=O)N6CCCC6)c5F)c4c3)cn2)CC1. The average molecular weight is 596 g/mol. The highest BCUT2D eigenvalue weighted by atomic mass is 32.2. The number of halogens is 2. The normalized spacial score (nSPS) is 16.7. The van der Waals surface area contributed by atoms with E-state index in [1.54, 1.807) is 24.7 Å². The molecule has 0 aliphatic carbocycles. The Morgan fingerprint density at radius 1 is 1.00 bits per heavy atom. The number of benzene rings is 1. The van der Waals surface area contributed by atoms with Crippen LogP contribution in [0.5, 0.6) is 0 Å². The average Bonchev–Trinajstić information content (AvgIpc) is 3.70. The van der Waals surface area contributed by atoms with E-state index in [4.69, 9.17) is 0 Å². The van der Waals surface area contributed by atoms with Gasteiger partial charge in [-0.25, -0.2) is 23.7 Å². The molecule has 14 heteroatoms. The number of rotatable bonds is 8. The van der Waals surface area contributed by atoms with Crippen molar-refractivity contribution in [3.8, 4) is 11.1 Å². The quantitative estimate of drug-likeness (QED) is 0.232. The number of carbonyl (C=O) groups is 2. The maximum atomic E-state index is 15.5. The minimum absolute atomic E-state index is 0.0349. The molecule has 0 amide bonds. The van der Waals surface area contributed by atoms with Gasteiger partial charge in [-0.1, -0.05) is 0 Å². The fraction of sp³-hybridized carbons (Fsp3) is 0.321. The third kappa shape index (κ3) is 5.23. The Balaban J connectivity index is 1.28. The molecule has 0 saturated carbocycles. The summed E-state index contributed by atoms with van der Waals surface area (Å²) in [6, 6.07) is 3.46. The Labute approximate surface area is 240 Å². The standard InChI is InChI=1S/C28H27F2N7O4S/c29-22-3-4-23(35-42(40,41)37-7-1-2-8-37)25(30)24(22)26(39)21-15-32-27-20(21)11-18(12-31-27)19-13-33-28(34-14-19)36-9-5-17(16-38)6-10-36/h3-4,11-17,35H,1-2,5-10H2,(H,31,32). The van der Waals surface area contributed by atoms with Gasteiger partial charge in [-0.3, -0.25) is 9.52 Å². The predicted octanol–water partition coefficient (Wildman–Crippen LogP) is 3.70. The van der Waals surface area contributed by atoms with Crippen LogP contribution in [0, 0.1) is 17.6 Å². The zero-order chi connectivity index (χ0) is 29.4. The first-order valence-electron chi connectivity index (χ1n) is 13.6. The lowest BCUT2D eigenvalue weighted by Crippen LogP contribution is -2.35. The number of piperidine rings is 1. The predicted molar refractivity (Wildman–Crippen MR) is 151 cm³/mol. The number of nitrogens with one attached hydrogen (secondary N) is 2. The summed E-state index contributed by atoms with van der Waals surface area (Å²) in [5.41, 5.74) is 0.0882. The lowest BCUT2D eigenvalue weighted by atomic mass is 9.99. The van der Waals surface area contributed by atoms with Crippen LogP contribution < -0.4 is 9.62 Å². The lowest BCUT2D eigenvalue weighted by Gasteiger charge is -2.29. The first-order chi connectivity index (χ1) is 20.2. The van der Waals surface area contributed by atoms with E-state index >= 15 is 4.39 Å². The first kappa shape index (κ1) is 27.8. The second-order valence-corrected chi connectivity index (χ2v) is 12.1. The van der Waals surface area contributed by atoms with Crippen molar-refractivity contribution in [2.24, 2.45) is 5.92 Å². The van der Waals surface area contributed by atoms with Crippen molar-refractivity contribution in [3.63, 3.8) is 0 Å². The number of ketones is 1. The molecule has 0 bridgehead atoms. The molecule has 11 nitrogen and oxygen atoms in total. The molecular formula is C28H27F2N7O4S. The number of fused-ring (bicyclic) bond motifs is 1. The smallest absolute Gasteiger partial charge is 0.301 e. The molecule has 2 aliphatic heterocycles. The van der Waals surface area contributed by atoms with Crippen molar-refractivity contribution in [3.05, 3.63) is 65.7 Å². The highest BCUT2D eigenvalue weighted by Crippen LogP contribution is 2.30. The van der Waals surface area contributed by atoms with Crippen molar-refractivity contribution in [1.82, 2.24) is 24.2 Å². The molecule has 0 spiro atoms. The summed E-state index contributed by atoms with van der Waals surface area (Å²) in [6.07, 6.45) is 9.97. The van der Waals surface area contributed by atoms with Gasteiger partial charge in [0.2, 0.25) is 11.7 Å². The second-order valence-electron chi connectivity index (χ2n) is 10.4. The molecule has 0 unspecified atom stereocenters. The zero-order valence-electron chi connectivity index (χ0n) is 22.4. The summed E-state index contributed by atoms with van der Waals surface area (Å²) in [6.45, 7) is 1.95. The molecule has 5 heterocycles. The summed E-state index contributed by atoms with van der Waals surface area (Å²) < 4.78 is 59.0. The van der Waals surface area contributed by atoms with Gasteiger partial charge in [0.25, 0.3) is 0 Å². The largest absolute Gasteiger partial charge is 0.345 e. The van der Waals surface area contributed by atoms with Crippen LogP contribution in [0.4, 0.5) is 20.4 Å². The molecule has 0 atom stereocenters. The van der Waals surface area contributed by atoms with Crippen LogP contribution in [0.3, 0.4) is 0 Å². The number of aldehydes is 1. The number of hydrogen-bond donors (Lipinski definition) is 2. The van der Waals surface area contributed by atoms with Crippen LogP contribution in [0.2, 0.25) is 0 Å². The van der Waals surface area contributed by atoms with E-state index in [0.29, 0.717) is 67.1 Å². The van der Waals surface area contributed by atoms with Gasteiger partial charge in [-0.2, -0.15) is 12.7 Å². The zero-order valence-corrected chi connectivity index (χ0v) is 23.2. The molecular weight excluding hydrogens is 568 g/mol. The van der Waals surface area contributed by atoms with E-state index in [1.807, 2.05) is 4.90 Å². The van der Waals surface area contributed by atoms with Crippen molar-refractivity contribution in [2.45, 2.75) is 25.7 Å². The van der Waals surface area contributed by atoms with E-state index < -0.39 is 38.9 Å². The Morgan fingerprint density at radius 3 is 2.38 bits per heavy atom. The van der Waals surface area contributed by atoms with Crippen molar-refractivity contribution in [2.75, 3.05) is 35.8 Å². The van der Waals surface area contributed by atoms with Crippen LogP contribution in [0.15, 0.2) is 43.0 Å². The van der Waals surface area contributed by atoms with E-state index in [2.05, 4.69) is 24.7 Å². The molecule has 4 aromatic rings. The van der Waals surface area contributed by atoms with Gasteiger partial charge in [0.15, 0.2) is 5.82 Å². The van der Waals surface area contributed by atoms with Gasteiger partial charge >= 0.3 is 10.2 Å². The molecule has 6 rings (SSSR count). The van der Waals surface area contributed by atoms with E-state index in [1.165, 1.54) is 10.5 Å². The van der Waals surface area contributed by atoms with Crippen LogP contribution in [0.1, 0.15) is 41.6 Å². The summed E-state index contributed by atoms with van der Waals surface area (Å²) >= 11 is 0. The fourth-order valence-corrected chi connectivity index (χ4v) is 6.63. The molecule has 0 radical (unpaired) electrons. The Morgan fingerprint density at radius 2 is 1.69 bits per heavy atom. The molecule has 3 aromatic heterocycles. The monoisotopic (exact) mass is 595 g/mol. The number of pyridine rings is 1. The Bertz CT molecular complexity index is 1770. The van der Waals surface area contributed by atoms with Crippen LogP contribution in [0.25, 0.3) is 22.2 Å². The van der Waals surface area contributed by atoms with Crippen molar-refractivity contribution >= 4 is 44.9 Å². The van der Waals surface area contributed by atoms with Gasteiger partial charge in [0.1, 0.15) is 17.8 Å². The van der Waals surface area contributed by atoms with E-state index in [-0.39, 0.29) is 11.5 Å². The summed E-state index contributed by atoms with van der Waals surface area (Å²) in [4.78, 5) is 42.6. The van der Waals surface area contributed by atoms with Crippen LogP contribution in [-0.4, -0.2) is 70.9 Å².